The Kier molecular flexibility index (Phi) is 6.06. The van der Waals surface area contributed by atoms with Crippen molar-refractivity contribution in [2.45, 2.75) is 38.1 Å². The number of H-pyrrole nitrogens is 2. The van der Waals surface area contributed by atoms with E-state index in [2.05, 4.69) is 48.2 Å². The van der Waals surface area contributed by atoms with E-state index < -0.39 is 0 Å². The van der Waals surface area contributed by atoms with Crippen LogP contribution in [0.2, 0.25) is 0 Å². The topological polar surface area (TPSA) is 86.0 Å². The standard InChI is InChI=1S/C33H33N7O/c1-4-16-39(17-5-1)22-13-18-40(19-14-22)23-8-10-29-30(20-23)36-33(35-29)32-26-21-24(9-11-28(26)37-38-32)41-31-12-15-34-27-7-3-2-6-25(27)31/h2-3,6-12,15,20-22H,1,4-5,13-14,16-19H2,(H,35,36)(H,37,38). The number of benzene rings is 3. The van der Waals surface area contributed by atoms with E-state index >= 15 is 0 Å². The molecule has 2 N–H and O–H groups in total. The van der Waals surface area contributed by atoms with Crippen molar-refractivity contribution in [1.29, 1.82) is 0 Å². The number of fused-ring (bicyclic) bond motifs is 3. The Hall–Kier alpha value is -4.43. The zero-order chi connectivity index (χ0) is 27.2. The quantitative estimate of drug-likeness (QED) is 0.246. The Morgan fingerprint density at radius 3 is 2.56 bits per heavy atom. The molecule has 0 atom stereocenters. The fourth-order valence-corrected chi connectivity index (χ4v) is 6.60. The molecule has 0 amide bonds. The lowest BCUT2D eigenvalue weighted by Gasteiger charge is -2.41. The average molecular weight is 544 g/mol. The summed E-state index contributed by atoms with van der Waals surface area (Å²) in [5.74, 6) is 2.26. The summed E-state index contributed by atoms with van der Waals surface area (Å²) in [5, 5.41) is 9.72. The number of aromatic nitrogens is 5. The van der Waals surface area contributed by atoms with Gasteiger partial charge in [0.25, 0.3) is 0 Å². The number of pyridine rings is 1. The number of nitrogens with zero attached hydrogens (tertiary/aromatic N) is 5. The Labute approximate surface area is 238 Å². The monoisotopic (exact) mass is 543 g/mol. The number of imidazole rings is 1. The van der Waals surface area contributed by atoms with Crippen LogP contribution in [-0.4, -0.2) is 62.3 Å². The summed E-state index contributed by atoms with van der Waals surface area (Å²) in [4.78, 5) is 18.2. The second-order valence-electron chi connectivity index (χ2n) is 11.3. The lowest BCUT2D eigenvalue weighted by molar-refractivity contribution is 0.141. The zero-order valence-corrected chi connectivity index (χ0v) is 23.0. The van der Waals surface area contributed by atoms with Crippen molar-refractivity contribution >= 4 is 38.5 Å². The third-order valence-corrected chi connectivity index (χ3v) is 8.80. The van der Waals surface area contributed by atoms with E-state index in [1.807, 2.05) is 48.5 Å². The molecule has 41 heavy (non-hydrogen) atoms. The van der Waals surface area contributed by atoms with Crippen molar-refractivity contribution in [2.75, 3.05) is 31.1 Å². The summed E-state index contributed by atoms with van der Waals surface area (Å²) in [6, 6.07) is 23.2. The minimum atomic E-state index is 0.739. The van der Waals surface area contributed by atoms with Crippen LogP contribution in [-0.2, 0) is 0 Å². The molecular weight excluding hydrogens is 510 g/mol. The maximum atomic E-state index is 6.33. The van der Waals surface area contributed by atoms with Gasteiger partial charge in [-0.2, -0.15) is 5.10 Å². The number of piperidine rings is 2. The predicted octanol–water partition coefficient (Wildman–Crippen LogP) is 6.90. The fraction of sp³-hybridized carbons (Fsp3) is 0.303. The maximum Gasteiger partial charge on any atom is 0.159 e. The van der Waals surface area contributed by atoms with Crippen LogP contribution in [0.5, 0.6) is 11.5 Å². The van der Waals surface area contributed by atoms with Crippen LogP contribution in [0.3, 0.4) is 0 Å². The first-order valence-electron chi connectivity index (χ1n) is 14.8. The van der Waals surface area contributed by atoms with Gasteiger partial charge in [-0.05, 0) is 93.4 Å². The molecule has 6 aromatic rings. The molecular formula is C33H33N7O. The van der Waals surface area contributed by atoms with Crippen LogP contribution in [0.25, 0.3) is 44.4 Å². The van der Waals surface area contributed by atoms with Gasteiger partial charge >= 0.3 is 0 Å². The van der Waals surface area contributed by atoms with Crippen LogP contribution in [0.1, 0.15) is 32.1 Å². The molecule has 2 fully saturated rings. The van der Waals surface area contributed by atoms with Gasteiger partial charge in [0.15, 0.2) is 5.82 Å². The molecule has 0 spiro atoms. The van der Waals surface area contributed by atoms with Crippen molar-refractivity contribution in [3.05, 3.63) is 72.9 Å². The number of para-hydroxylation sites is 1. The van der Waals surface area contributed by atoms with Gasteiger partial charge in [0, 0.05) is 41.8 Å². The Balaban J connectivity index is 1.05. The maximum absolute atomic E-state index is 6.33. The van der Waals surface area contributed by atoms with Gasteiger partial charge in [-0.3, -0.25) is 10.1 Å². The van der Waals surface area contributed by atoms with Gasteiger partial charge in [0.1, 0.15) is 17.2 Å². The third kappa shape index (κ3) is 4.58. The largest absolute Gasteiger partial charge is 0.457 e. The number of anilines is 1. The molecule has 8 heteroatoms. The number of aromatic amines is 2. The average Bonchev–Trinajstić information content (AvgIpc) is 3.65. The Bertz CT molecular complexity index is 1840. The molecule has 8 rings (SSSR count). The number of hydrogen-bond donors (Lipinski definition) is 2. The van der Waals surface area contributed by atoms with Crippen molar-refractivity contribution in [3.63, 3.8) is 0 Å². The lowest BCUT2D eigenvalue weighted by atomic mass is 9.99. The Morgan fingerprint density at radius 2 is 1.66 bits per heavy atom. The number of ether oxygens (including phenoxy) is 1. The van der Waals surface area contributed by atoms with Crippen LogP contribution >= 0.6 is 0 Å². The van der Waals surface area contributed by atoms with Crippen molar-refractivity contribution in [1.82, 2.24) is 30.0 Å². The molecule has 0 saturated carbocycles. The van der Waals surface area contributed by atoms with Gasteiger partial charge < -0.3 is 19.5 Å². The van der Waals surface area contributed by atoms with E-state index in [0.717, 1.165) is 75.0 Å². The van der Waals surface area contributed by atoms with E-state index in [-0.39, 0.29) is 0 Å². The second-order valence-corrected chi connectivity index (χ2v) is 11.3. The fourth-order valence-electron chi connectivity index (χ4n) is 6.60. The van der Waals surface area contributed by atoms with Crippen molar-refractivity contribution in [2.24, 2.45) is 0 Å². The zero-order valence-electron chi connectivity index (χ0n) is 23.0. The SMILES string of the molecule is c1ccc2c(Oc3ccc4[nH]nc(-c5nc6ccc(N7CCC(N8CCCCC8)CC7)cc6[nH]5)c4c3)ccnc2c1. The van der Waals surface area contributed by atoms with E-state index in [1.54, 1.807) is 6.20 Å². The third-order valence-electron chi connectivity index (χ3n) is 8.80. The first-order valence-corrected chi connectivity index (χ1v) is 14.8. The number of nitrogens with one attached hydrogen (secondary N) is 2. The molecule has 5 heterocycles. The molecule has 0 bridgehead atoms. The van der Waals surface area contributed by atoms with Crippen LogP contribution in [0.15, 0.2) is 72.9 Å². The van der Waals surface area contributed by atoms with Gasteiger partial charge in [-0.15, -0.1) is 0 Å². The van der Waals surface area contributed by atoms with E-state index in [1.165, 1.54) is 50.9 Å². The summed E-state index contributed by atoms with van der Waals surface area (Å²) in [6.45, 7) is 4.77. The second kappa shape index (κ2) is 10.2. The minimum Gasteiger partial charge on any atom is -0.457 e. The summed E-state index contributed by atoms with van der Waals surface area (Å²) in [5.41, 5.74) is 5.86. The van der Waals surface area contributed by atoms with E-state index in [4.69, 9.17) is 9.72 Å². The Morgan fingerprint density at radius 1 is 0.780 bits per heavy atom. The normalized spacial score (nSPS) is 17.1. The summed E-state index contributed by atoms with van der Waals surface area (Å²) in [7, 11) is 0. The smallest absolute Gasteiger partial charge is 0.159 e. The molecule has 0 radical (unpaired) electrons. The molecule has 2 aliphatic heterocycles. The summed E-state index contributed by atoms with van der Waals surface area (Å²) in [6.07, 6.45) is 8.38. The van der Waals surface area contributed by atoms with Crippen molar-refractivity contribution in [3.8, 4) is 23.0 Å². The molecule has 8 nitrogen and oxygen atoms in total. The highest BCUT2D eigenvalue weighted by atomic mass is 16.5. The molecule has 3 aromatic heterocycles. The first kappa shape index (κ1) is 24.4. The number of rotatable bonds is 5. The lowest BCUT2D eigenvalue weighted by Crippen LogP contribution is -2.46. The number of likely N-dealkylation sites (tertiary alicyclic amines) is 1. The molecule has 3 aromatic carbocycles. The van der Waals surface area contributed by atoms with Crippen LogP contribution in [0, 0.1) is 0 Å². The van der Waals surface area contributed by atoms with Crippen LogP contribution < -0.4 is 9.64 Å². The predicted molar refractivity (Wildman–Crippen MR) is 164 cm³/mol. The van der Waals surface area contributed by atoms with Crippen LogP contribution in [0.4, 0.5) is 5.69 Å². The molecule has 2 saturated heterocycles. The van der Waals surface area contributed by atoms with Gasteiger partial charge in [-0.25, -0.2) is 4.98 Å². The highest BCUT2D eigenvalue weighted by Crippen LogP contribution is 2.34. The van der Waals surface area contributed by atoms with Gasteiger partial charge in [0.05, 0.1) is 22.1 Å². The van der Waals surface area contributed by atoms with Gasteiger partial charge in [-0.1, -0.05) is 18.6 Å². The highest BCUT2D eigenvalue weighted by molar-refractivity contribution is 5.94. The molecule has 2 aliphatic rings. The molecule has 0 unspecified atom stereocenters. The highest BCUT2D eigenvalue weighted by Gasteiger charge is 2.26. The van der Waals surface area contributed by atoms with E-state index in [0.29, 0.717) is 0 Å². The molecule has 0 aliphatic carbocycles. The van der Waals surface area contributed by atoms with Gasteiger partial charge in [0.2, 0.25) is 0 Å². The first-order chi connectivity index (χ1) is 20.3. The van der Waals surface area contributed by atoms with E-state index in [9.17, 15) is 0 Å². The van der Waals surface area contributed by atoms with Crippen molar-refractivity contribution < 1.29 is 4.74 Å². The molecule has 206 valence electrons. The minimum absolute atomic E-state index is 0.739. The number of hydrogen-bond acceptors (Lipinski definition) is 6. The summed E-state index contributed by atoms with van der Waals surface area (Å²) >= 11 is 0. The summed E-state index contributed by atoms with van der Waals surface area (Å²) < 4.78 is 6.33.